The topological polar surface area (TPSA) is 79.8 Å². The predicted octanol–water partition coefficient (Wildman–Crippen LogP) is 0.921. The van der Waals surface area contributed by atoms with Gasteiger partial charge in [0, 0.05) is 25.6 Å². The molecule has 1 heterocycles. The van der Waals surface area contributed by atoms with Crippen molar-refractivity contribution in [2.75, 3.05) is 33.4 Å². The third-order valence-electron chi connectivity index (χ3n) is 3.83. The average Bonchev–Trinajstić information content (AvgIpc) is 2.97. The Labute approximate surface area is 148 Å². The molecule has 1 aromatic carbocycles. The van der Waals surface area contributed by atoms with Gasteiger partial charge >= 0.3 is 0 Å². The smallest absolute Gasteiger partial charge is 0.257 e. The second-order valence-electron chi connectivity index (χ2n) is 5.56. The number of benzene rings is 1. The van der Waals surface area contributed by atoms with Crippen LogP contribution in [-0.2, 0) is 11.2 Å². The number of halogens is 1. The lowest BCUT2D eigenvalue weighted by Gasteiger charge is -2.15. The van der Waals surface area contributed by atoms with Crippen LogP contribution in [0.5, 0.6) is 11.5 Å². The molecular weight excluding hydrogens is 332 g/mol. The lowest BCUT2D eigenvalue weighted by molar-refractivity contribution is -0.123. The molecule has 2 rings (SSSR count). The molecule has 7 heteroatoms. The molecule has 24 heavy (non-hydrogen) atoms. The Morgan fingerprint density at radius 3 is 2.88 bits per heavy atom. The zero-order valence-corrected chi connectivity index (χ0v) is 14.6. The van der Waals surface area contributed by atoms with E-state index in [-0.39, 0.29) is 30.8 Å². The maximum atomic E-state index is 11.9. The molecular formula is C17H25ClN2O4. The predicted molar refractivity (Wildman–Crippen MR) is 95.0 cm³/mol. The zero-order chi connectivity index (χ0) is 16.7. The first-order valence-corrected chi connectivity index (χ1v) is 7.70. The molecule has 1 saturated heterocycles. The number of ether oxygens (including phenoxy) is 2. The summed E-state index contributed by atoms with van der Waals surface area (Å²) in [6, 6.07) is 5.57. The molecule has 0 saturated carbocycles. The molecule has 134 valence electrons. The second-order valence-corrected chi connectivity index (χ2v) is 5.56. The maximum absolute atomic E-state index is 11.9. The van der Waals surface area contributed by atoms with Crippen molar-refractivity contribution < 1.29 is 19.4 Å². The van der Waals surface area contributed by atoms with E-state index >= 15 is 0 Å². The number of hydrogen-bond donors (Lipinski definition) is 3. The highest BCUT2D eigenvalue weighted by atomic mass is 35.5. The number of methoxy groups -OCH3 is 1. The Kier molecular flexibility index (Phi) is 8.60. The summed E-state index contributed by atoms with van der Waals surface area (Å²) in [6.07, 6.45) is 2.15. The molecule has 3 N–H and O–H groups in total. The number of aliphatic hydroxyl groups is 1. The lowest BCUT2D eigenvalue weighted by atomic mass is 10.1. The van der Waals surface area contributed by atoms with Crippen molar-refractivity contribution in [3.63, 3.8) is 0 Å². The van der Waals surface area contributed by atoms with Gasteiger partial charge in [-0.05, 0) is 24.1 Å². The Morgan fingerprint density at radius 2 is 2.25 bits per heavy atom. The molecule has 0 spiro atoms. The first-order valence-electron chi connectivity index (χ1n) is 7.70. The minimum atomic E-state index is -0.409. The number of carbonyl (C=O) groups excluding carboxylic acids is 1. The fraction of sp³-hybridized carbons (Fsp3) is 0.471. The van der Waals surface area contributed by atoms with E-state index < -0.39 is 6.10 Å². The monoisotopic (exact) mass is 356 g/mol. The largest absolute Gasteiger partial charge is 0.493 e. The van der Waals surface area contributed by atoms with Crippen LogP contribution in [-0.4, -0.2) is 50.5 Å². The van der Waals surface area contributed by atoms with Crippen LogP contribution in [0.4, 0.5) is 0 Å². The molecule has 0 radical (unpaired) electrons. The van der Waals surface area contributed by atoms with Crippen molar-refractivity contribution in [3.8, 4) is 11.5 Å². The van der Waals surface area contributed by atoms with E-state index in [1.54, 1.807) is 13.2 Å². The van der Waals surface area contributed by atoms with E-state index in [9.17, 15) is 9.90 Å². The molecule has 2 atom stereocenters. The maximum Gasteiger partial charge on any atom is 0.257 e. The van der Waals surface area contributed by atoms with Crippen LogP contribution in [0, 0.1) is 5.92 Å². The van der Waals surface area contributed by atoms with Crippen LogP contribution in [0.15, 0.2) is 30.9 Å². The van der Waals surface area contributed by atoms with Gasteiger partial charge in [-0.25, -0.2) is 0 Å². The minimum Gasteiger partial charge on any atom is -0.493 e. The van der Waals surface area contributed by atoms with Gasteiger partial charge in [0.25, 0.3) is 5.91 Å². The number of allylic oxidation sites excluding steroid dienone is 1. The number of rotatable bonds is 8. The highest BCUT2D eigenvalue weighted by molar-refractivity contribution is 5.85. The van der Waals surface area contributed by atoms with Crippen LogP contribution in [0.1, 0.15) is 5.56 Å². The number of amides is 1. The number of nitrogens with one attached hydrogen (secondary N) is 2. The third kappa shape index (κ3) is 5.70. The SMILES string of the molecule is C=CCc1ccc(OCC(=O)NCC2CNCC2O)c(OC)c1.Cl. The summed E-state index contributed by atoms with van der Waals surface area (Å²) in [7, 11) is 1.56. The molecule has 0 aromatic heterocycles. The van der Waals surface area contributed by atoms with Gasteiger partial charge in [-0.3, -0.25) is 4.79 Å². The highest BCUT2D eigenvalue weighted by Crippen LogP contribution is 2.28. The Morgan fingerprint density at radius 1 is 1.46 bits per heavy atom. The number of aliphatic hydroxyl groups excluding tert-OH is 1. The number of carbonyl (C=O) groups is 1. The van der Waals surface area contributed by atoms with Gasteiger partial charge in [0.15, 0.2) is 18.1 Å². The molecule has 0 bridgehead atoms. The van der Waals surface area contributed by atoms with Gasteiger partial charge < -0.3 is 25.2 Å². The number of hydrogen-bond acceptors (Lipinski definition) is 5. The minimum absolute atomic E-state index is 0. The van der Waals surface area contributed by atoms with Gasteiger partial charge in [-0.15, -0.1) is 19.0 Å². The Balaban J connectivity index is 0.00000288. The van der Waals surface area contributed by atoms with Gasteiger partial charge in [0.2, 0.25) is 0 Å². The summed E-state index contributed by atoms with van der Waals surface area (Å²) < 4.78 is 10.8. The van der Waals surface area contributed by atoms with Crippen molar-refractivity contribution in [1.29, 1.82) is 0 Å². The third-order valence-corrected chi connectivity index (χ3v) is 3.83. The standard InChI is InChI=1S/C17H24N2O4.ClH/c1-3-4-12-5-6-15(16(7-12)22-2)23-11-17(21)19-9-13-8-18-10-14(13)20;/h3,5-7,13-14,18,20H,1,4,8-11H2,2H3,(H,19,21);1H. The fourth-order valence-electron chi connectivity index (χ4n) is 2.49. The van der Waals surface area contributed by atoms with Crippen LogP contribution in [0.3, 0.4) is 0 Å². The van der Waals surface area contributed by atoms with Gasteiger partial charge in [0.05, 0.1) is 13.2 Å². The van der Waals surface area contributed by atoms with Gasteiger partial charge in [0.1, 0.15) is 0 Å². The average molecular weight is 357 g/mol. The quantitative estimate of drug-likeness (QED) is 0.604. The normalized spacial score (nSPS) is 19.2. The fourth-order valence-corrected chi connectivity index (χ4v) is 2.49. The van der Waals surface area contributed by atoms with Crippen LogP contribution in [0.25, 0.3) is 0 Å². The van der Waals surface area contributed by atoms with E-state index in [1.807, 2.05) is 18.2 Å². The summed E-state index contributed by atoms with van der Waals surface area (Å²) in [4.78, 5) is 11.9. The lowest BCUT2D eigenvalue weighted by Crippen LogP contribution is -2.36. The summed E-state index contributed by atoms with van der Waals surface area (Å²) in [6.45, 7) is 5.33. The van der Waals surface area contributed by atoms with E-state index in [0.717, 1.165) is 12.0 Å². The van der Waals surface area contributed by atoms with Gasteiger partial charge in [-0.2, -0.15) is 0 Å². The molecule has 1 amide bonds. The van der Waals surface area contributed by atoms with E-state index in [0.29, 0.717) is 31.1 Å². The van der Waals surface area contributed by atoms with E-state index in [2.05, 4.69) is 17.2 Å². The molecule has 6 nitrogen and oxygen atoms in total. The van der Waals surface area contributed by atoms with Crippen molar-refractivity contribution in [2.45, 2.75) is 12.5 Å². The molecule has 1 aliphatic rings. The molecule has 2 unspecified atom stereocenters. The van der Waals surface area contributed by atoms with Crippen molar-refractivity contribution >= 4 is 18.3 Å². The summed E-state index contributed by atoms with van der Waals surface area (Å²) in [5.74, 6) is 0.943. The van der Waals surface area contributed by atoms with Gasteiger partial charge in [-0.1, -0.05) is 12.1 Å². The van der Waals surface area contributed by atoms with E-state index in [4.69, 9.17) is 9.47 Å². The van der Waals surface area contributed by atoms with Crippen LogP contribution >= 0.6 is 12.4 Å². The van der Waals surface area contributed by atoms with Crippen molar-refractivity contribution in [2.24, 2.45) is 5.92 Å². The Bertz CT molecular complexity index is 553. The summed E-state index contributed by atoms with van der Waals surface area (Å²) in [5.41, 5.74) is 1.07. The second kappa shape index (κ2) is 10.2. The molecule has 0 aliphatic carbocycles. The molecule has 1 fully saturated rings. The van der Waals surface area contributed by atoms with Crippen molar-refractivity contribution in [1.82, 2.24) is 10.6 Å². The molecule has 1 aliphatic heterocycles. The van der Waals surface area contributed by atoms with Crippen LogP contribution < -0.4 is 20.1 Å². The first-order chi connectivity index (χ1) is 11.1. The van der Waals surface area contributed by atoms with Crippen LogP contribution in [0.2, 0.25) is 0 Å². The van der Waals surface area contributed by atoms with Crippen molar-refractivity contribution in [3.05, 3.63) is 36.4 Å². The summed E-state index contributed by atoms with van der Waals surface area (Å²) >= 11 is 0. The number of β-amino-alcohol motifs (C(OH)–C–C–N with tert-alkyl or cyclic N) is 1. The van der Waals surface area contributed by atoms with E-state index in [1.165, 1.54) is 0 Å². The highest BCUT2D eigenvalue weighted by Gasteiger charge is 2.25. The molecule has 1 aromatic rings. The zero-order valence-electron chi connectivity index (χ0n) is 13.8. The Hall–Kier alpha value is -1.76. The summed E-state index contributed by atoms with van der Waals surface area (Å²) in [5, 5.41) is 15.5. The first kappa shape index (κ1) is 20.3.